The lowest BCUT2D eigenvalue weighted by Gasteiger charge is -2.34. The Labute approximate surface area is 165 Å². The van der Waals surface area contributed by atoms with Gasteiger partial charge in [-0.25, -0.2) is 0 Å². The molecule has 1 aliphatic heterocycles. The van der Waals surface area contributed by atoms with E-state index >= 15 is 0 Å². The van der Waals surface area contributed by atoms with Crippen LogP contribution in [0, 0.1) is 5.92 Å². The Morgan fingerprint density at radius 3 is 2.96 bits per heavy atom. The number of hydrogen-bond donors (Lipinski definition) is 1. The van der Waals surface area contributed by atoms with Gasteiger partial charge in [0.2, 0.25) is 0 Å². The zero-order chi connectivity index (χ0) is 16.7. The van der Waals surface area contributed by atoms with Gasteiger partial charge in [-0.05, 0) is 37.5 Å². The average Bonchev–Trinajstić information content (AvgIpc) is 2.56. The lowest BCUT2D eigenvalue weighted by molar-refractivity contribution is -0.149. The van der Waals surface area contributed by atoms with Gasteiger partial charge in [-0.2, -0.15) is 0 Å². The Hall–Kier alpha value is -1.02. The van der Waals surface area contributed by atoms with Crippen molar-refractivity contribution in [1.82, 2.24) is 10.2 Å². The summed E-state index contributed by atoms with van der Waals surface area (Å²) in [5, 5.41) is 4.06. The minimum atomic E-state index is -0.109. The third kappa shape index (κ3) is 6.12. The molecule has 24 heavy (non-hydrogen) atoms. The quantitative estimate of drug-likeness (QED) is 0.321. The van der Waals surface area contributed by atoms with Gasteiger partial charge in [0.25, 0.3) is 0 Å². The number of aliphatic imine (C=N–C) groups is 1. The van der Waals surface area contributed by atoms with E-state index in [1.54, 1.807) is 7.05 Å². The van der Waals surface area contributed by atoms with E-state index in [0.29, 0.717) is 19.7 Å². The summed E-state index contributed by atoms with van der Waals surface area (Å²) in [5.41, 5.74) is 1.10. The molecule has 1 heterocycles. The largest absolute Gasteiger partial charge is 0.466 e. The predicted octanol–water partition coefficient (Wildman–Crippen LogP) is 3.31. The van der Waals surface area contributed by atoms with Crippen LogP contribution >= 0.6 is 35.6 Å². The van der Waals surface area contributed by atoms with Crippen LogP contribution in [0.25, 0.3) is 0 Å². The topological polar surface area (TPSA) is 53.9 Å². The maximum absolute atomic E-state index is 11.9. The van der Waals surface area contributed by atoms with Crippen LogP contribution in [0.3, 0.4) is 0 Å². The van der Waals surface area contributed by atoms with Crippen molar-refractivity contribution in [1.29, 1.82) is 0 Å². The van der Waals surface area contributed by atoms with Crippen LogP contribution in [0.2, 0.25) is 5.02 Å². The first-order valence-electron chi connectivity index (χ1n) is 8.00. The summed E-state index contributed by atoms with van der Waals surface area (Å²) < 4.78 is 5.14. The second-order valence-corrected chi connectivity index (χ2v) is 6.00. The summed E-state index contributed by atoms with van der Waals surface area (Å²) in [5.74, 6) is 0.620. The van der Waals surface area contributed by atoms with Gasteiger partial charge in [-0.1, -0.05) is 23.7 Å². The number of esters is 1. The fraction of sp³-hybridized carbons (Fsp3) is 0.529. The molecule has 1 aromatic rings. The molecule has 1 saturated heterocycles. The first-order valence-corrected chi connectivity index (χ1v) is 8.38. The van der Waals surface area contributed by atoms with Gasteiger partial charge in [0.1, 0.15) is 0 Å². The molecule has 2 rings (SSSR count). The Morgan fingerprint density at radius 2 is 2.29 bits per heavy atom. The molecule has 0 amide bonds. The molecular formula is C17H25ClIN3O2. The maximum atomic E-state index is 11.9. The van der Waals surface area contributed by atoms with Crippen LogP contribution in [0.1, 0.15) is 25.3 Å². The van der Waals surface area contributed by atoms with Crippen molar-refractivity contribution in [3.05, 3.63) is 34.9 Å². The van der Waals surface area contributed by atoms with E-state index in [2.05, 4.69) is 15.2 Å². The number of carbonyl (C=O) groups excluding carboxylic acids is 1. The summed E-state index contributed by atoms with van der Waals surface area (Å²) in [6, 6.07) is 7.73. The van der Waals surface area contributed by atoms with Gasteiger partial charge in [-0.15, -0.1) is 24.0 Å². The van der Waals surface area contributed by atoms with Crippen molar-refractivity contribution < 1.29 is 9.53 Å². The highest BCUT2D eigenvalue weighted by molar-refractivity contribution is 14.0. The van der Waals surface area contributed by atoms with Gasteiger partial charge < -0.3 is 15.0 Å². The van der Waals surface area contributed by atoms with E-state index in [1.807, 2.05) is 31.2 Å². The Morgan fingerprint density at radius 1 is 1.50 bits per heavy atom. The monoisotopic (exact) mass is 465 g/mol. The summed E-state index contributed by atoms with van der Waals surface area (Å²) in [4.78, 5) is 18.4. The highest BCUT2D eigenvalue weighted by Crippen LogP contribution is 2.18. The average molecular weight is 466 g/mol. The molecule has 0 saturated carbocycles. The molecule has 0 radical (unpaired) electrons. The van der Waals surface area contributed by atoms with E-state index in [9.17, 15) is 4.79 Å². The number of halogens is 2. The molecule has 134 valence electrons. The molecule has 1 aromatic carbocycles. The van der Waals surface area contributed by atoms with Gasteiger partial charge in [-0.3, -0.25) is 9.79 Å². The van der Waals surface area contributed by atoms with E-state index in [-0.39, 0.29) is 35.9 Å². The van der Waals surface area contributed by atoms with Crippen LogP contribution < -0.4 is 5.32 Å². The first-order chi connectivity index (χ1) is 11.1. The number of piperidine rings is 1. The van der Waals surface area contributed by atoms with Crippen LogP contribution in [0.4, 0.5) is 0 Å². The number of nitrogens with zero attached hydrogens (tertiary/aromatic N) is 2. The molecule has 1 N–H and O–H groups in total. The van der Waals surface area contributed by atoms with Crippen LogP contribution in [-0.4, -0.2) is 43.6 Å². The lowest BCUT2D eigenvalue weighted by atomic mass is 9.98. The molecule has 0 unspecified atom stereocenters. The van der Waals surface area contributed by atoms with Gasteiger partial charge in [0.15, 0.2) is 5.96 Å². The second kappa shape index (κ2) is 10.8. The van der Waals surface area contributed by atoms with E-state index in [0.717, 1.165) is 35.9 Å². The van der Waals surface area contributed by atoms with Crippen LogP contribution in [0.15, 0.2) is 29.3 Å². The van der Waals surface area contributed by atoms with Crippen molar-refractivity contribution in [3.63, 3.8) is 0 Å². The van der Waals surface area contributed by atoms with Crippen molar-refractivity contribution in [2.75, 3.05) is 26.7 Å². The molecule has 1 aliphatic rings. The zero-order valence-corrected chi connectivity index (χ0v) is 17.2. The third-order valence-electron chi connectivity index (χ3n) is 3.89. The van der Waals surface area contributed by atoms with Gasteiger partial charge in [0.05, 0.1) is 12.5 Å². The van der Waals surface area contributed by atoms with Crippen LogP contribution in [0.5, 0.6) is 0 Å². The summed E-state index contributed by atoms with van der Waals surface area (Å²) >= 11 is 6.01. The molecule has 1 fully saturated rings. The highest BCUT2D eigenvalue weighted by Gasteiger charge is 2.28. The van der Waals surface area contributed by atoms with Crippen molar-refractivity contribution in [3.8, 4) is 0 Å². The van der Waals surface area contributed by atoms with Gasteiger partial charge >= 0.3 is 5.97 Å². The van der Waals surface area contributed by atoms with Crippen LogP contribution in [-0.2, 0) is 16.1 Å². The molecule has 0 aromatic heterocycles. The smallest absolute Gasteiger partial charge is 0.310 e. The maximum Gasteiger partial charge on any atom is 0.310 e. The molecular weight excluding hydrogens is 441 g/mol. The fourth-order valence-electron chi connectivity index (χ4n) is 2.78. The van der Waals surface area contributed by atoms with Gasteiger partial charge in [0, 0.05) is 31.7 Å². The molecule has 0 spiro atoms. The minimum Gasteiger partial charge on any atom is -0.466 e. The molecule has 0 bridgehead atoms. The van der Waals surface area contributed by atoms with Crippen molar-refractivity contribution >= 4 is 47.5 Å². The number of nitrogens with one attached hydrogen (secondary N) is 1. The fourth-order valence-corrected chi connectivity index (χ4v) is 3.00. The third-order valence-corrected chi connectivity index (χ3v) is 4.13. The number of ether oxygens (including phenoxy) is 1. The lowest BCUT2D eigenvalue weighted by Crippen LogP contribution is -2.48. The standard InChI is InChI=1S/C17H24ClN3O2.HI/c1-3-23-16(22)14-7-5-9-21(12-14)17(19-2)20-11-13-6-4-8-15(18)10-13;/h4,6,8,10,14H,3,5,7,9,11-12H2,1-2H3,(H,19,20);1H/t14-;/m0./s1. The number of rotatable bonds is 4. The normalized spacial score (nSPS) is 17.9. The van der Waals surface area contributed by atoms with Crippen molar-refractivity contribution in [2.45, 2.75) is 26.3 Å². The first kappa shape index (κ1) is 21.0. The number of guanidine groups is 1. The number of benzene rings is 1. The Bertz CT molecular complexity index is 569. The number of likely N-dealkylation sites (tertiary alicyclic amines) is 1. The summed E-state index contributed by atoms with van der Waals surface area (Å²) in [6.07, 6.45) is 1.84. The number of carbonyl (C=O) groups is 1. The predicted molar refractivity (Wildman–Crippen MR) is 108 cm³/mol. The minimum absolute atomic E-state index is 0. The summed E-state index contributed by atoms with van der Waals surface area (Å²) in [7, 11) is 1.76. The van der Waals surface area contributed by atoms with E-state index in [4.69, 9.17) is 16.3 Å². The van der Waals surface area contributed by atoms with Crippen molar-refractivity contribution in [2.24, 2.45) is 10.9 Å². The summed E-state index contributed by atoms with van der Waals surface area (Å²) in [6.45, 7) is 4.45. The molecule has 1 atom stereocenters. The number of hydrogen-bond acceptors (Lipinski definition) is 3. The molecule has 0 aliphatic carbocycles. The Balaban J connectivity index is 0.00000288. The molecule has 7 heteroatoms. The second-order valence-electron chi connectivity index (χ2n) is 5.57. The SMILES string of the molecule is CCOC(=O)[C@H]1CCCN(C(=NC)NCc2cccc(Cl)c2)C1.I. The van der Waals surface area contributed by atoms with E-state index in [1.165, 1.54) is 0 Å². The zero-order valence-electron chi connectivity index (χ0n) is 14.1. The Kier molecular flexibility index (Phi) is 9.43. The van der Waals surface area contributed by atoms with E-state index < -0.39 is 0 Å². The highest BCUT2D eigenvalue weighted by atomic mass is 127. The molecule has 5 nitrogen and oxygen atoms in total.